The third-order valence-corrected chi connectivity index (χ3v) is 5.24. The molecular formula is C22H24BrF3N4O3. The smallest absolute Gasteiger partial charge is 0.418 e. The quantitative estimate of drug-likeness (QED) is 0.474. The van der Waals surface area contributed by atoms with Crippen LogP contribution in [0.1, 0.15) is 44.9 Å². The summed E-state index contributed by atoms with van der Waals surface area (Å²) in [6.45, 7) is 5.30. The maximum absolute atomic E-state index is 13.3. The number of halogens is 4. The molecule has 1 aliphatic carbocycles. The van der Waals surface area contributed by atoms with Gasteiger partial charge in [-0.25, -0.2) is 4.79 Å². The fraction of sp³-hybridized carbons (Fsp3) is 0.409. The summed E-state index contributed by atoms with van der Waals surface area (Å²) in [5.41, 5.74) is -1.69. The van der Waals surface area contributed by atoms with Crippen LogP contribution >= 0.6 is 15.9 Å². The number of hydrogen-bond acceptors (Lipinski definition) is 5. The molecule has 0 unspecified atom stereocenters. The highest BCUT2D eigenvalue weighted by Crippen LogP contribution is 2.38. The van der Waals surface area contributed by atoms with Crippen LogP contribution < -0.4 is 16.0 Å². The van der Waals surface area contributed by atoms with E-state index in [1.165, 1.54) is 18.3 Å². The number of anilines is 2. The fourth-order valence-corrected chi connectivity index (χ4v) is 3.35. The van der Waals surface area contributed by atoms with E-state index < -0.39 is 29.0 Å². The lowest BCUT2D eigenvalue weighted by Gasteiger charge is -2.23. The van der Waals surface area contributed by atoms with Gasteiger partial charge in [0.1, 0.15) is 11.1 Å². The van der Waals surface area contributed by atoms with E-state index in [1.54, 1.807) is 32.9 Å². The molecule has 1 aromatic carbocycles. The Morgan fingerprint density at radius 2 is 1.85 bits per heavy atom. The first kappa shape index (κ1) is 24.8. The Kier molecular flexibility index (Phi) is 6.92. The average molecular weight is 529 g/mol. The van der Waals surface area contributed by atoms with Crippen molar-refractivity contribution >= 4 is 39.3 Å². The minimum absolute atomic E-state index is 0.0996. The Balaban J connectivity index is 1.58. The SMILES string of the molecule is CC(C)(C)OC(=O)NC1(C(=O)NCc2ccc(Nc3ccc(Br)cc3C(F)(F)F)cn2)CC1. The van der Waals surface area contributed by atoms with Gasteiger partial charge in [-0.15, -0.1) is 0 Å². The second kappa shape index (κ2) is 9.20. The van der Waals surface area contributed by atoms with Gasteiger partial charge >= 0.3 is 12.3 Å². The summed E-state index contributed by atoms with van der Waals surface area (Å²) >= 11 is 3.05. The second-order valence-corrected chi connectivity index (χ2v) is 9.66. The van der Waals surface area contributed by atoms with Crippen molar-refractivity contribution in [2.45, 2.75) is 57.5 Å². The van der Waals surface area contributed by atoms with Crippen LogP contribution in [0.25, 0.3) is 0 Å². The predicted octanol–water partition coefficient (Wildman–Crippen LogP) is 5.28. The van der Waals surface area contributed by atoms with E-state index in [0.717, 1.165) is 6.07 Å². The third kappa shape index (κ3) is 6.83. The van der Waals surface area contributed by atoms with Crippen molar-refractivity contribution in [1.82, 2.24) is 15.6 Å². The summed E-state index contributed by atoms with van der Waals surface area (Å²) in [7, 11) is 0. The second-order valence-electron chi connectivity index (χ2n) is 8.74. The number of nitrogens with one attached hydrogen (secondary N) is 3. The van der Waals surface area contributed by atoms with Gasteiger partial charge in [0.15, 0.2) is 0 Å². The summed E-state index contributed by atoms with van der Waals surface area (Å²) in [6.07, 6.45) is -2.78. The van der Waals surface area contributed by atoms with Crippen LogP contribution in [0.2, 0.25) is 0 Å². The molecule has 3 rings (SSSR count). The minimum atomic E-state index is -4.52. The van der Waals surface area contributed by atoms with Crippen LogP contribution in [-0.2, 0) is 22.3 Å². The molecule has 0 bridgehead atoms. The maximum atomic E-state index is 13.3. The first-order valence-electron chi connectivity index (χ1n) is 10.2. The van der Waals surface area contributed by atoms with Crippen LogP contribution in [0.4, 0.5) is 29.3 Å². The number of ether oxygens (including phenoxy) is 1. The van der Waals surface area contributed by atoms with Crippen LogP contribution in [-0.4, -0.2) is 28.1 Å². The summed E-state index contributed by atoms with van der Waals surface area (Å²) in [5.74, 6) is -0.345. The van der Waals surface area contributed by atoms with Crippen LogP contribution in [0.15, 0.2) is 41.0 Å². The van der Waals surface area contributed by atoms with Gasteiger partial charge in [0, 0.05) is 4.47 Å². The zero-order valence-corrected chi connectivity index (χ0v) is 19.9. The molecule has 0 atom stereocenters. The van der Waals surface area contributed by atoms with Crippen LogP contribution in [0, 0.1) is 0 Å². The lowest BCUT2D eigenvalue weighted by atomic mass is 10.1. The molecule has 0 radical (unpaired) electrons. The van der Waals surface area contributed by atoms with Crippen molar-refractivity contribution < 1.29 is 27.5 Å². The molecular weight excluding hydrogens is 505 g/mol. The molecule has 0 spiro atoms. The number of nitrogens with zero attached hydrogens (tertiary/aromatic N) is 1. The largest absolute Gasteiger partial charge is 0.444 e. The molecule has 1 heterocycles. The van der Waals surface area contributed by atoms with Crippen LogP contribution in [0.5, 0.6) is 0 Å². The number of aromatic nitrogens is 1. The number of alkyl carbamates (subject to hydrolysis) is 1. The van der Waals surface area contributed by atoms with Crippen molar-refractivity contribution in [2.24, 2.45) is 0 Å². The minimum Gasteiger partial charge on any atom is -0.444 e. The molecule has 1 aromatic heterocycles. The molecule has 2 aromatic rings. The molecule has 178 valence electrons. The molecule has 3 N–H and O–H groups in total. The Labute approximate surface area is 197 Å². The highest BCUT2D eigenvalue weighted by Gasteiger charge is 2.51. The van der Waals surface area contributed by atoms with E-state index in [2.05, 4.69) is 36.9 Å². The normalized spacial score (nSPS) is 14.9. The van der Waals surface area contributed by atoms with Gasteiger partial charge < -0.3 is 20.7 Å². The van der Waals surface area contributed by atoms with Gasteiger partial charge in [0.05, 0.1) is 35.4 Å². The summed E-state index contributed by atoms with van der Waals surface area (Å²) < 4.78 is 45.4. The van der Waals surface area contributed by atoms with Gasteiger partial charge in [-0.2, -0.15) is 13.2 Å². The number of carbonyl (C=O) groups is 2. The third-order valence-electron chi connectivity index (χ3n) is 4.75. The Hall–Kier alpha value is -2.82. The van der Waals surface area contributed by atoms with Crippen molar-refractivity contribution in [1.29, 1.82) is 0 Å². The molecule has 11 heteroatoms. The zero-order chi connectivity index (χ0) is 24.4. The highest BCUT2D eigenvalue weighted by molar-refractivity contribution is 9.10. The van der Waals surface area contributed by atoms with E-state index in [9.17, 15) is 22.8 Å². The van der Waals surface area contributed by atoms with E-state index in [4.69, 9.17) is 4.74 Å². The molecule has 33 heavy (non-hydrogen) atoms. The molecule has 0 saturated heterocycles. The van der Waals surface area contributed by atoms with Gasteiger partial charge in [-0.3, -0.25) is 9.78 Å². The van der Waals surface area contributed by atoms with Gasteiger partial charge in [0.2, 0.25) is 5.91 Å². The van der Waals surface area contributed by atoms with Gasteiger partial charge in [0.25, 0.3) is 0 Å². The number of rotatable bonds is 6. The molecule has 1 aliphatic rings. The molecule has 0 aliphatic heterocycles. The number of hydrogen-bond donors (Lipinski definition) is 3. The average Bonchev–Trinajstić information content (AvgIpc) is 3.46. The Morgan fingerprint density at radius 1 is 1.15 bits per heavy atom. The molecule has 1 saturated carbocycles. The predicted molar refractivity (Wildman–Crippen MR) is 120 cm³/mol. The van der Waals surface area contributed by atoms with Gasteiger partial charge in [-0.05, 0) is 63.9 Å². The van der Waals surface area contributed by atoms with E-state index in [0.29, 0.717) is 28.7 Å². The standard InChI is InChI=1S/C22H24BrF3N4O3/c1-20(2,3)33-19(32)30-21(8-9-21)18(31)28-11-14-5-6-15(12-27-14)29-17-7-4-13(23)10-16(17)22(24,25)26/h4-7,10,12,29H,8-9,11H2,1-3H3,(H,28,31)(H,30,32). The number of benzene rings is 1. The Morgan fingerprint density at radius 3 is 2.39 bits per heavy atom. The van der Waals surface area contributed by atoms with Crippen molar-refractivity contribution in [2.75, 3.05) is 5.32 Å². The van der Waals surface area contributed by atoms with E-state index in [-0.39, 0.29) is 18.1 Å². The summed E-state index contributed by atoms with van der Waals surface area (Å²) in [4.78, 5) is 28.7. The zero-order valence-electron chi connectivity index (χ0n) is 18.3. The monoisotopic (exact) mass is 528 g/mol. The van der Waals surface area contributed by atoms with Crippen molar-refractivity contribution in [3.05, 3.63) is 52.3 Å². The maximum Gasteiger partial charge on any atom is 0.418 e. The number of alkyl halides is 3. The fourth-order valence-electron chi connectivity index (χ4n) is 2.99. The first-order valence-corrected chi connectivity index (χ1v) is 10.9. The first-order chi connectivity index (χ1) is 15.3. The summed E-state index contributed by atoms with van der Waals surface area (Å²) in [5, 5.41) is 8.07. The van der Waals surface area contributed by atoms with E-state index >= 15 is 0 Å². The molecule has 2 amide bonds. The number of pyridine rings is 1. The Bertz CT molecular complexity index is 1030. The topological polar surface area (TPSA) is 92.3 Å². The van der Waals surface area contributed by atoms with Crippen molar-refractivity contribution in [3.63, 3.8) is 0 Å². The highest BCUT2D eigenvalue weighted by atomic mass is 79.9. The number of carbonyl (C=O) groups excluding carboxylic acids is 2. The van der Waals surface area contributed by atoms with Crippen molar-refractivity contribution in [3.8, 4) is 0 Å². The van der Waals surface area contributed by atoms with Gasteiger partial charge in [-0.1, -0.05) is 15.9 Å². The number of amides is 2. The lowest BCUT2D eigenvalue weighted by molar-refractivity contribution is -0.137. The lowest BCUT2D eigenvalue weighted by Crippen LogP contribution is -2.50. The summed E-state index contributed by atoms with van der Waals surface area (Å²) in [6, 6.07) is 7.00. The van der Waals surface area contributed by atoms with E-state index in [1.807, 2.05) is 0 Å². The molecule has 1 fully saturated rings. The molecule has 7 nitrogen and oxygen atoms in total. The van der Waals surface area contributed by atoms with Crippen LogP contribution in [0.3, 0.4) is 0 Å².